The molecule has 33 heavy (non-hydrogen) atoms. The molecule has 0 aliphatic carbocycles. The number of benzene rings is 1. The first-order chi connectivity index (χ1) is 16.0. The van der Waals surface area contributed by atoms with Crippen molar-refractivity contribution in [3.8, 4) is 16.3 Å². The zero-order valence-electron chi connectivity index (χ0n) is 18.2. The van der Waals surface area contributed by atoms with Crippen molar-refractivity contribution < 1.29 is 4.74 Å². The molecule has 0 saturated heterocycles. The number of methoxy groups -OCH3 is 1. The summed E-state index contributed by atoms with van der Waals surface area (Å²) in [4.78, 5) is 26.2. The largest absolute Gasteiger partial charge is 0.494 e. The van der Waals surface area contributed by atoms with Gasteiger partial charge in [0, 0.05) is 30.9 Å². The molecule has 0 radical (unpaired) electrons. The minimum Gasteiger partial charge on any atom is -0.494 e. The second kappa shape index (κ2) is 8.40. The molecular formula is C23H21N7O2S. The number of pyridine rings is 2. The van der Waals surface area contributed by atoms with Gasteiger partial charge in [-0.15, -0.1) is 11.3 Å². The van der Waals surface area contributed by atoms with Crippen molar-refractivity contribution in [2.45, 2.75) is 6.92 Å². The summed E-state index contributed by atoms with van der Waals surface area (Å²) in [6.07, 6.45) is 3.49. The van der Waals surface area contributed by atoms with Crippen LogP contribution in [0.3, 0.4) is 0 Å². The Hall–Kier alpha value is -4.18. The average Bonchev–Trinajstić information content (AvgIpc) is 3.42. The van der Waals surface area contributed by atoms with Crippen LogP contribution in [0.1, 0.15) is 5.56 Å². The van der Waals surface area contributed by atoms with E-state index in [1.54, 1.807) is 32.6 Å². The molecule has 9 nitrogen and oxygen atoms in total. The number of fused-ring (bicyclic) bond motifs is 1. The molecular weight excluding hydrogens is 438 g/mol. The molecule has 0 aliphatic rings. The number of H-pyrrole nitrogens is 1. The van der Waals surface area contributed by atoms with Crippen LogP contribution in [0.5, 0.6) is 5.75 Å². The van der Waals surface area contributed by atoms with Gasteiger partial charge in [-0.25, -0.2) is 15.0 Å². The SMILES string of the molecule is COc1c(Nc2cc(Nc3cc(C)ccn3)nc3[nH]n(C)c(=O)c23)cccc1-c1nccs1. The fourth-order valence-electron chi connectivity index (χ4n) is 3.64. The summed E-state index contributed by atoms with van der Waals surface area (Å²) in [6.45, 7) is 1.99. The zero-order chi connectivity index (χ0) is 22.9. The fourth-order valence-corrected chi connectivity index (χ4v) is 4.30. The Morgan fingerprint density at radius 2 is 1.94 bits per heavy atom. The monoisotopic (exact) mass is 459 g/mol. The number of para-hydroxylation sites is 1. The van der Waals surface area contributed by atoms with E-state index < -0.39 is 0 Å². The average molecular weight is 460 g/mol. The maximum Gasteiger partial charge on any atom is 0.277 e. The third kappa shape index (κ3) is 3.92. The number of aromatic nitrogens is 5. The first-order valence-electron chi connectivity index (χ1n) is 10.2. The van der Waals surface area contributed by atoms with Crippen LogP contribution in [-0.2, 0) is 7.05 Å². The summed E-state index contributed by atoms with van der Waals surface area (Å²) in [6, 6.07) is 11.4. The molecule has 4 heterocycles. The van der Waals surface area contributed by atoms with Crippen molar-refractivity contribution in [3.05, 3.63) is 70.1 Å². The van der Waals surface area contributed by atoms with E-state index in [1.165, 1.54) is 16.0 Å². The number of aryl methyl sites for hydroxylation is 2. The number of ether oxygens (including phenoxy) is 1. The number of nitrogens with one attached hydrogen (secondary N) is 3. The number of hydrogen-bond donors (Lipinski definition) is 3. The predicted molar refractivity (Wildman–Crippen MR) is 131 cm³/mol. The molecule has 5 aromatic rings. The number of aromatic amines is 1. The molecule has 10 heteroatoms. The summed E-state index contributed by atoms with van der Waals surface area (Å²) >= 11 is 1.53. The normalized spacial score (nSPS) is 11.0. The Morgan fingerprint density at radius 1 is 1.06 bits per heavy atom. The van der Waals surface area contributed by atoms with E-state index in [0.29, 0.717) is 39.8 Å². The van der Waals surface area contributed by atoms with Crippen molar-refractivity contribution in [1.29, 1.82) is 0 Å². The third-order valence-corrected chi connectivity index (χ3v) is 5.94. The van der Waals surface area contributed by atoms with Crippen LogP contribution in [-0.4, -0.2) is 31.8 Å². The van der Waals surface area contributed by atoms with Crippen molar-refractivity contribution in [2.75, 3.05) is 17.7 Å². The molecule has 5 rings (SSSR count). The molecule has 0 fully saturated rings. The Morgan fingerprint density at radius 3 is 2.70 bits per heavy atom. The molecule has 3 N–H and O–H groups in total. The number of hydrogen-bond acceptors (Lipinski definition) is 8. The highest BCUT2D eigenvalue weighted by molar-refractivity contribution is 7.13. The van der Waals surface area contributed by atoms with E-state index in [1.807, 2.05) is 42.6 Å². The minimum absolute atomic E-state index is 0.185. The lowest BCUT2D eigenvalue weighted by Gasteiger charge is -2.15. The molecule has 1 aromatic carbocycles. The van der Waals surface area contributed by atoms with Crippen molar-refractivity contribution in [3.63, 3.8) is 0 Å². The highest BCUT2D eigenvalue weighted by Crippen LogP contribution is 2.39. The van der Waals surface area contributed by atoms with Gasteiger partial charge in [-0.1, -0.05) is 6.07 Å². The second-order valence-electron chi connectivity index (χ2n) is 7.45. The molecule has 0 aliphatic heterocycles. The summed E-state index contributed by atoms with van der Waals surface area (Å²) < 4.78 is 7.13. The molecule has 0 bridgehead atoms. The van der Waals surface area contributed by atoms with Crippen LogP contribution >= 0.6 is 11.3 Å². The van der Waals surface area contributed by atoms with E-state index in [4.69, 9.17) is 4.74 Å². The van der Waals surface area contributed by atoms with Gasteiger partial charge in [-0.3, -0.25) is 14.6 Å². The van der Waals surface area contributed by atoms with Crippen LogP contribution in [0.2, 0.25) is 0 Å². The fraction of sp³-hybridized carbons (Fsp3) is 0.130. The van der Waals surface area contributed by atoms with E-state index in [0.717, 1.165) is 16.1 Å². The Labute approximate surface area is 193 Å². The summed E-state index contributed by atoms with van der Waals surface area (Å²) in [5.41, 5.74) is 3.51. The lowest BCUT2D eigenvalue weighted by Crippen LogP contribution is -2.12. The standard InChI is InChI=1S/C23H21N7O2S/c1-13-7-8-24-17(11-13)27-18-12-16(19-21(28-18)29-30(2)23(19)31)26-15-6-4-5-14(20(15)32-3)22-25-9-10-33-22/h4-12H,1-3H3,(H3,24,26,27,28,29). The molecule has 0 spiro atoms. The molecule has 0 amide bonds. The van der Waals surface area contributed by atoms with E-state index >= 15 is 0 Å². The summed E-state index contributed by atoms with van der Waals surface area (Å²) in [5.74, 6) is 1.84. The smallest absolute Gasteiger partial charge is 0.277 e. The van der Waals surface area contributed by atoms with Gasteiger partial charge in [0.1, 0.15) is 22.0 Å². The number of rotatable bonds is 6. The van der Waals surface area contributed by atoms with Crippen LogP contribution in [0.4, 0.5) is 23.0 Å². The van der Waals surface area contributed by atoms with Crippen molar-refractivity contribution in [1.82, 2.24) is 24.7 Å². The minimum atomic E-state index is -0.185. The van der Waals surface area contributed by atoms with Crippen LogP contribution in [0, 0.1) is 6.92 Å². The van der Waals surface area contributed by atoms with Gasteiger partial charge in [0.25, 0.3) is 5.56 Å². The van der Waals surface area contributed by atoms with Gasteiger partial charge < -0.3 is 15.4 Å². The topological polar surface area (TPSA) is 110 Å². The molecule has 0 atom stereocenters. The lowest BCUT2D eigenvalue weighted by atomic mass is 10.1. The van der Waals surface area contributed by atoms with Gasteiger partial charge in [-0.2, -0.15) is 0 Å². The van der Waals surface area contributed by atoms with Gasteiger partial charge in [0.15, 0.2) is 11.4 Å². The Bertz CT molecular complexity index is 1510. The zero-order valence-corrected chi connectivity index (χ0v) is 19.0. The first kappa shape index (κ1) is 20.7. The molecule has 0 saturated carbocycles. The van der Waals surface area contributed by atoms with E-state index in [-0.39, 0.29) is 5.56 Å². The first-order valence-corrected chi connectivity index (χ1v) is 11.0. The molecule has 4 aromatic heterocycles. The van der Waals surface area contributed by atoms with Gasteiger partial charge in [0.05, 0.1) is 24.0 Å². The van der Waals surface area contributed by atoms with E-state index in [9.17, 15) is 4.79 Å². The lowest BCUT2D eigenvalue weighted by molar-refractivity contribution is 0.418. The maximum absolute atomic E-state index is 12.8. The molecule has 166 valence electrons. The van der Waals surface area contributed by atoms with Crippen LogP contribution < -0.4 is 20.9 Å². The third-order valence-electron chi connectivity index (χ3n) is 5.13. The summed E-state index contributed by atoms with van der Waals surface area (Å²) in [5, 5.41) is 12.8. The van der Waals surface area contributed by atoms with Gasteiger partial charge in [-0.05, 0) is 36.8 Å². The van der Waals surface area contributed by atoms with E-state index in [2.05, 4.69) is 30.7 Å². The Kier molecular flexibility index (Phi) is 5.27. The summed E-state index contributed by atoms with van der Waals surface area (Å²) in [7, 11) is 3.28. The van der Waals surface area contributed by atoms with Crippen LogP contribution in [0.25, 0.3) is 21.6 Å². The molecule has 0 unspecified atom stereocenters. The van der Waals surface area contributed by atoms with Crippen molar-refractivity contribution in [2.24, 2.45) is 7.05 Å². The second-order valence-corrected chi connectivity index (χ2v) is 8.34. The van der Waals surface area contributed by atoms with Gasteiger partial charge >= 0.3 is 0 Å². The van der Waals surface area contributed by atoms with Gasteiger partial charge in [0.2, 0.25) is 0 Å². The quantitative estimate of drug-likeness (QED) is 0.341. The number of thiazole rings is 1. The number of anilines is 4. The maximum atomic E-state index is 12.8. The Balaban J connectivity index is 1.62. The highest BCUT2D eigenvalue weighted by atomic mass is 32.1. The van der Waals surface area contributed by atoms with Crippen molar-refractivity contribution >= 4 is 45.4 Å². The number of nitrogens with zero attached hydrogens (tertiary/aromatic N) is 4. The predicted octanol–water partition coefficient (Wildman–Crippen LogP) is 4.58. The van der Waals surface area contributed by atoms with Crippen LogP contribution in [0.15, 0.2) is 59.0 Å². The highest BCUT2D eigenvalue weighted by Gasteiger charge is 2.17.